The highest BCUT2D eigenvalue weighted by Crippen LogP contribution is 2.35. The number of halogens is 1. The molecule has 1 amide bonds. The van der Waals surface area contributed by atoms with Crippen LogP contribution in [0.25, 0.3) is 10.9 Å². The van der Waals surface area contributed by atoms with E-state index in [1.54, 1.807) is 6.07 Å². The van der Waals surface area contributed by atoms with E-state index in [1.807, 2.05) is 42.6 Å². The molecule has 0 saturated heterocycles. The van der Waals surface area contributed by atoms with Gasteiger partial charge in [-0.2, -0.15) is 0 Å². The first-order valence-electron chi connectivity index (χ1n) is 6.65. The number of H-pyrrole nitrogens is 1. The first kappa shape index (κ1) is 12.3. The van der Waals surface area contributed by atoms with Crippen molar-refractivity contribution in [1.29, 1.82) is 0 Å². The second-order valence-corrected chi connectivity index (χ2v) is 5.51. The minimum Gasteiger partial charge on any atom is -0.370 e. The number of carbonyl (C=O) groups excluding carboxylic acids is 1. The molecule has 1 aliphatic heterocycles. The maximum absolute atomic E-state index is 12.1. The highest BCUT2D eigenvalue weighted by atomic mass is 35.5. The summed E-state index contributed by atoms with van der Waals surface area (Å²) in [6.07, 6.45) is 1.89. The molecule has 104 valence electrons. The standard InChI is InChI=1S/C16H12ClN3O/c17-10-1-3-14-12(8-10)15(16(21)20-14)19-11-2-4-13-9(7-11)5-6-18-13/h1-8,15,18-19H,(H,20,21). The van der Waals surface area contributed by atoms with Gasteiger partial charge in [0, 0.05) is 39.1 Å². The van der Waals surface area contributed by atoms with Gasteiger partial charge in [0.25, 0.3) is 5.91 Å². The van der Waals surface area contributed by atoms with Crippen LogP contribution in [0.2, 0.25) is 5.02 Å². The molecule has 0 saturated carbocycles. The number of benzene rings is 2. The van der Waals surface area contributed by atoms with Crippen LogP contribution in [-0.2, 0) is 4.79 Å². The monoisotopic (exact) mass is 297 g/mol. The summed E-state index contributed by atoms with van der Waals surface area (Å²) in [7, 11) is 0. The molecular weight excluding hydrogens is 286 g/mol. The Bertz CT molecular complexity index is 856. The van der Waals surface area contributed by atoms with E-state index < -0.39 is 6.04 Å². The summed E-state index contributed by atoms with van der Waals surface area (Å²) >= 11 is 6.03. The second kappa shape index (κ2) is 4.53. The fourth-order valence-electron chi connectivity index (χ4n) is 2.69. The van der Waals surface area contributed by atoms with Gasteiger partial charge < -0.3 is 15.6 Å². The van der Waals surface area contributed by atoms with E-state index in [9.17, 15) is 4.79 Å². The average Bonchev–Trinajstić information content (AvgIpc) is 3.04. The zero-order valence-corrected chi connectivity index (χ0v) is 11.7. The number of aromatic amines is 1. The van der Waals surface area contributed by atoms with E-state index in [2.05, 4.69) is 15.6 Å². The number of hydrogen-bond donors (Lipinski definition) is 3. The van der Waals surface area contributed by atoms with E-state index in [0.717, 1.165) is 27.8 Å². The van der Waals surface area contributed by atoms with Crippen molar-refractivity contribution in [2.75, 3.05) is 10.6 Å². The Balaban J connectivity index is 1.70. The van der Waals surface area contributed by atoms with Crippen LogP contribution in [0.1, 0.15) is 11.6 Å². The zero-order valence-electron chi connectivity index (χ0n) is 11.0. The summed E-state index contributed by atoms with van der Waals surface area (Å²) in [5.74, 6) is -0.0681. The van der Waals surface area contributed by atoms with Crippen molar-refractivity contribution in [3.05, 3.63) is 59.2 Å². The molecule has 1 unspecified atom stereocenters. The molecule has 21 heavy (non-hydrogen) atoms. The van der Waals surface area contributed by atoms with Gasteiger partial charge in [-0.05, 0) is 42.5 Å². The SMILES string of the molecule is O=C1Nc2ccc(Cl)cc2C1Nc1ccc2[nH]ccc2c1. The Morgan fingerprint density at radius 1 is 1.10 bits per heavy atom. The van der Waals surface area contributed by atoms with E-state index in [1.165, 1.54) is 0 Å². The summed E-state index contributed by atoms with van der Waals surface area (Å²) in [6.45, 7) is 0. The lowest BCUT2D eigenvalue weighted by molar-refractivity contribution is -0.116. The Morgan fingerprint density at radius 3 is 2.90 bits per heavy atom. The molecule has 0 radical (unpaired) electrons. The van der Waals surface area contributed by atoms with Crippen molar-refractivity contribution in [2.24, 2.45) is 0 Å². The predicted molar refractivity (Wildman–Crippen MR) is 84.7 cm³/mol. The molecule has 2 aromatic carbocycles. The van der Waals surface area contributed by atoms with Crippen molar-refractivity contribution in [1.82, 2.24) is 4.98 Å². The van der Waals surface area contributed by atoms with Gasteiger partial charge in [-0.1, -0.05) is 11.6 Å². The van der Waals surface area contributed by atoms with Gasteiger partial charge in [0.1, 0.15) is 6.04 Å². The molecular formula is C16H12ClN3O. The summed E-state index contributed by atoms with van der Waals surface area (Å²) < 4.78 is 0. The number of aromatic nitrogens is 1. The summed E-state index contributed by atoms with van der Waals surface area (Å²) in [5.41, 5.74) is 3.65. The summed E-state index contributed by atoms with van der Waals surface area (Å²) in [6, 6.07) is 13.0. The van der Waals surface area contributed by atoms with E-state index in [-0.39, 0.29) is 5.91 Å². The van der Waals surface area contributed by atoms with E-state index >= 15 is 0 Å². The maximum atomic E-state index is 12.1. The molecule has 0 bridgehead atoms. The quantitative estimate of drug-likeness (QED) is 0.671. The minimum atomic E-state index is -0.421. The third-order valence-electron chi connectivity index (χ3n) is 3.71. The van der Waals surface area contributed by atoms with Crippen LogP contribution in [0.4, 0.5) is 11.4 Å². The molecule has 1 aromatic heterocycles. The number of carbonyl (C=O) groups is 1. The number of amides is 1. The summed E-state index contributed by atoms with van der Waals surface area (Å²) in [4.78, 5) is 15.3. The Labute approximate surface area is 126 Å². The first-order chi connectivity index (χ1) is 10.2. The van der Waals surface area contributed by atoms with Gasteiger partial charge in [-0.3, -0.25) is 4.79 Å². The highest BCUT2D eigenvalue weighted by molar-refractivity contribution is 6.31. The molecule has 3 aromatic rings. The van der Waals surface area contributed by atoms with E-state index in [4.69, 9.17) is 11.6 Å². The molecule has 3 N–H and O–H groups in total. The molecule has 1 atom stereocenters. The Morgan fingerprint density at radius 2 is 2.00 bits per heavy atom. The molecule has 0 spiro atoms. The number of rotatable bonds is 2. The van der Waals surface area contributed by atoms with Gasteiger partial charge in [0.15, 0.2) is 0 Å². The first-order valence-corrected chi connectivity index (χ1v) is 7.02. The minimum absolute atomic E-state index is 0.0681. The molecule has 1 aliphatic rings. The van der Waals surface area contributed by atoms with Crippen molar-refractivity contribution in [3.8, 4) is 0 Å². The van der Waals surface area contributed by atoms with Gasteiger partial charge in [-0.15, -0.1) is 0 Å². The van der Waals surface area contributed by atoms with Crippen LogP contribution in [-0.4, -0.2) is 10.9 Å². The largest absolute Gasteiger partial charge is 0.370 e. The van der Waals surface area contributed by atoms with Gasteiger partial charge in [0.2, 0.25) is 0 Å². The van der Waals surface area contributed by atoms with Crippen molar-refractivity contribution >= 4 is 39.8 Å². The molecule has 4 rings (SSSR count). The molecule has 0 aliphatic carbocycles. The highest BCUT2D eigenvalue weighted by Gasteiger charge is 2.30. The third kappa shape index (κ3) is 2.04. The molecule has 5 heteroatoms. The lowest BCUT2D eigenvalue weighted by Gasteiger charge is -2.13. The number of fused-ring (bicyclic) bond motifs is 2. The normalized spacial score (nSPS) is 16.8. The second-order valence-electron chi connectivity index (χ2n) is 5.08. The summed E-state index contributed by atoms with van der Waals surface area (Å²) in [5, 5.41) is 7.86. The zero-order chi connectivity index (χ0) is 14.4. The van der Waals surface area contributed by atoms with Crippen molar-refractivity contribution < 1.29 is 4.79 Å². The van der Waals surface area contributed by atoms with Crippen LogP contribution < -0.4 is 10.6 Å². The smallest absolute Gasteiger partial charge is 0.251 e. The lowest BCUT2D eigenvalue weighted by atomic mass is 10.1. The topological polar surface area (TPSA) is 56.9 Å². The van der Waals surface area contributed by atoms with Crippen molar-refractivity contribution in [2.45, 2.75) is 6.04 Å². The Hall–Kier alpha value is -2.46. The van der Waals surface area contributed by atoms with Gasteiger partial charge in [0.05, 0.1) is 0 Å². The van der Waals surface area contributed by atoms with Crippen LogP contribution in [0.15, 0.2) is 48.7 Å². The maximum Gasteiger partial charge on any atom is 0.251 e. The van der Waals surface area contributed by atoms with Crippen molar-refractivity contribution in [3.63, 3.8) is 0 Å². The van der Waals surface area contributed by atoms with Gasteiger partial charge in [-0.25, -0.2) is 0 Å². The fourth-order valence-corrected chi connectivity index (χ4v) is 2.87. The predicted octanol–water partition coefficient (Wildman–Crippen LogP) is 3.93. The fraction of sp³-hybridized carbons (Fsp3) is 0.0625. The molecule has 2 heterocycles. The van der Waals surface area contributed by atoms with Crippen LogP contribution >= 0.6 is 11.6 Å². The molecule has 4 nitrogen and oxygen atoms in total. The number of hydrogen-bond acceptors (Lipinski definition) is 2. The number of nitrogens with one attached hydrogen (secondary N) is 3. The van der Waals surface area contributed by atoms with Crippen LogP contribution in [0, 0.1) is 0 Å². The number of anilines is 2. The van der Waals surface area contributed by atoms with E-state index in [0.29, 0.717) is 5.02 Å². The lowest BCUT2D eigenvalue weighted by Crippen LogP contribution is -2.19. The third-order valence-corrected chi connectivity index (χ3v) is 3.94. The van der Waals surface area contributed by atoms with Crippen LogP contribution in [0.3, 0.4) is 0 Å². The van der Waals surface area contributed by atoms with Crippen LogP contribution in [0.5, 0.6) is 0 Å². The van der Waals surface area contributed by atoms with Gasteiger partial charge >= 0.3 is 0 Å². The Kier molecular flexibility index (Phi) is 2.65. The molecule has 0 fully saturated rings. The average molecular weight is 298 g/mol.